The fraction of sp³-hybridized carbons (Fsp3) is 0.458. The van der Waals surface area contributed by atoms with Gasteiger partial charge in [0, 0.05) is 37.6 Å². The van der Waals surface area contributed by atoms with Crippen LogP contribution in [0.4, 0.5) is 0 Å². The summed E-state index contributed by atoms with van der Waals surface area (Å²) in [6.45, 7) is 18.4. The van der Waals surface area contributed by atoms with Crippen molar-refractivity contribution in [2.24, 2.45) is 10.7 Å². The van der Waals surface area contributed by atoms with Crippen LogP contribution in [0.15, 0.2) is 65.7 Å². The van der Waals surface area contributed by atoms with E-state index in [0.29, 0.717) is 5.92 Å². The second kappa shape index (κ2) is 11.5. The first kappa shape index (κ1) is 23.7. The van der Waals surface area contributed by atoms with Crippen molar-refractivity contribution in [2.45, 2.75) is 46.5 Å². The largest absolute Gasteiger partial charge is 0.375 e. The van der Waals surface area contributed by atoms with Gasteiger partial charge in [0.2, 0.25) is 0 Å². The van der Waals surface area contributed by atoms with Crippen molar-refractivity contribution in [3.8, 4) is 0 Å². The summed E-state index contributed by atoms with van der Waals surface area (Å²) in [6, 6.07) is 8.47. The van der Waals surface area contributed by atoms with E-state index in [-0.39, 0.29) is 0 Å². The van der Waals surface area contributed by atoms with Gasteiger partial charge in [0.1, 0.15) is 5.82 Å². The molecule has 0 heterocycles. The molecule has 4 heteroatoms. The van der Waals surface area contributed by atoms with E-state index in [2.05, 4.69) is 77.1 Å². The van der Waals surface area contributed by atoms with Gasteiger partial charge in [-0.2, -0.15) is 0 Å². The van der Waals surface area contributed by atoms with Crippen LogP contribution in [-0.2, 0) is 0 Å². The van der Waals surface area contributed by atoms with E-state index in [1.807, 2.05) is 11.9 Å². The molecule has 4 nitrogen and oxygen atoms in total. The van der Waals surface area contributed by atoms with Crippen LogP contribution < -0.4 is 5.73 Å². The lowest BCUT2D eigenvalue weighted by Crippen LogP contribution is -2.22. The maximum Gasteiger partial charge on any atom is 0.137 e. The van der Waals surface area contributed by atoms with E-state index in [1.165, 1.54) is 11.1 Å². The lowest BCUT2D eigenvalue weighted by atomic mass is 9.95. The molecule has 0 unspecified atom stereocenters. The lowest BCUT2D eigenvalue weighted by molar-refractivity contribution is 0.407. The average molecular weight is 383 g/mol. The van der Waals surface area contributed by atoms with E-state index >= 15 is 0 Å². The molecule has 0 fully saturated rings. The van der Waals surface area contributed by atoms with Crippen molar-refractivity contribution < 1.29 is 0 Å². The van der Waals surface area contributed by atoms with Gasteiger partial charge in [0.15, 0.2) is 0 Å². The summed E-state index contributed by atoms with van der Waals surface area (Å²) in [5.74, 6) is 1.30. The average Bonchev–Trinajstić information content (AvgIpc) is 2.70. The topological polar surface area (TPSA) is 44.9 Å². The Morgan fingerprint density at radius 2 is 1.82 bits per heavy atom. The Morgan fingerprint density at radius 3 is 2.39 bits per heavy atom. The maximum absolute atomic E-state index is 5.61. The van der Waals surface area contributed by atoms with Gasteiger partial charge in [-0.1, -0.05) is 51.3 Å². The van der Waals surface area contributed by atoms with Crippen LogP contribution in [0.3, 0.4) is 0 Å². The molecule has 0 amide bonds. The molecule has 2 N–H and O–H groups in total. The number of aliphatic imine (C=N–C) groups is 1. The highest BCUT2D eigenvalue weighted by atomic mass is 15.2. The first-order valence-electron chi connectivity index (χ1n) is 10.1. The van der Waals surface area contributed by atoms with Crippen molar-refractivity contribution in [2.75, 3.05) is 27.2 Å². The minimum absolute atomic E-state index is 0.440. The molecule has 0 aromatic heterocycles. The zero-order chi connectivity index (χ0) is 21.3. The van der Waals surface area contributed by atoms with Gasteiger partial charge in [0.05, 0.1) is 0 Å². The van der Waals surface area contributed by atoms with Crippen LogP contribution >= 0.6 is 0 Å². The molecule has 0 aliphatic carbocycles. The lowest BCUT2D eigenvalue weighted by Gasteiger charge is -2.26. The maximum atomic E-state index is 5.61. The number of hydrogen-bond acceptors (Lipinski definition) is 4. The van der Waals surface area contributed by atoms with Gasteiger partial charge >= 0.3 is 0 Å². The predicted molar refractivity (Wildman–Crippen MR) is 123 cm³/mol. The first-order chi connectivity index (χ1) is 13.2. The van der Waals surface area contributed by atoms with Gasteiger partial charge in [-0.3, -0.25) is 0 Å². The summed E-state index contributed by atoms with van der Waals surface area (Å²) in [6.07, 6.45) is 3.85. The molecular weight excluding hydrogens is 344 g/mol. The summed E-state index contributed by atoms with van der Waals surface area (Å²) < 4.78 is 0. The van der Waals surface area contributed by atoms with Crippen molar-refractivity contribution in [3.63, 3.8) is 0 Å². The summed E-state index contributed by atoms with van der Waals surface area (Å²) in [5.41, 5.74) is 11.1. The Morgan fingerprint density at radius 1 is 1.18 bits per heavy atom. The summed E-state index contributed by atoms with van der Waals surface area (Å²) in [7, 11) is 4.04. The number of unbranched alkanes of at least 4 members (excludes halogenated alkanes) is 1. The minimum atomic E-state index is 0.440. The molecule has 154 valence electrons. The third-order valence-corrected chi connectivity index (χ3v) is 5.03. The normalized spacial score (nSPS) is 12.6. The van der Waals surface area contributed by atoms with E-state index < -0.39 is 0 Å². The fourth-order valence-electron chi connectivity index (χ4n) is 3.11. The third-order valence-electron chi connectivity index (χ3n) is 5.03. The van der Waals surface area contributed by atoms with E-state index in [4.69, 9.17) is 10.7 Å². The molecule has 0 saturated heterocycles. The molecule has 1 aromatic rings. The van der Waals surface area contributed by atoms with E-state index in [0.717, 1.165) is 48.7 Å². The SMILES string of the molecule is C=CN(C)C(/N=C(\C)c1ccccc1C(C)C)=C(/C)C(=C)N(C)CCCCN. The van der Waals surface area contributed by atoms with Crippen molar-refractivity contribution >= 4 is 5.71 Å². The number of nitrogens with zero attached hydrogens (tertiary/aromatic N) is 3. The van der Waals surface area contributed by atoms with Gasteiger partial charge < -0.3 is 15.5 Å². The first-order valence-corrected chi connectivity index (χ1v) is 10.1. The van der Waals surface area contributed by atoms with Gasteiger partial charge in [0.25, 0.3) is 0 Å². The summed E-state index contributed by atoms with van der Waals surface area (Å²) in [5, 5.41) is 0. The number of hydrogen-bond donors (Lipinski definition) is 1. The molecule has 0 bridgehead atoms. The second-order valence-electron chi connectivity index (χ2n) is 7.55. The monoisotopic (exact) mass is 382 g/mol. The van der Waals surface area contributed by atoms with Gasteiger partial charge in [-0.05, 0) is 56.5 Å². The summed E-state index contributed by atoms with van der Waals surface area (Å²) in [4.78, 5) is 9.13. The number of nitrogens with two attached hydrogens (primary N) is 1. The Labute approximate surface area is 172 Å². The second-order valence-corrected chi connectivity index (χ2v) is 7.55. The zero-order valence-corrected chi connectivity index (χ0v) is 18.6. The third kappa shape index (κ3) is 6.38. The Hall–Kier alpha value is -2.33. The molecular formula is C24H38N4. The molecule has 0 saturated carbocycles. The molecule has 0 spiro atoms. The van der Waals surface area contributed by atoms with Crippen LogP contribution in [0.2, 0.25) is 0 Å². The summed E-state index contributed by atoms with van der Waals surface area (Å²) >= 11 is 0. The van der Waals surface area contributed by atoms with Crippen LogP contribution in [0, 0.1) is 0 Å². The molecule has 0 aliphatic heterocycles. The fourth-order valence-corrected chi connectivity index (χ4v) is 3.11. The van der Waals surface area contributed by atoms with Crippen LogP contribution in [-0.4, -0.2) is 42.7 Å². The number of benzene rings is 1. The number of allylic oxidation sites excluding steroid dienone is 1. The smallest absolute Gasteiger partial charge is 0.137 e. The molecule has 28 heavy (non-hydrogen) atoms. The predicted octanol–water partition coefficient (Wildman–Crippen LogP) is 5.11. The van der Waals surface area contributed by atoms with Crippen LogP contribution in [0.25, 0.3) is 0 Å². The quantitative estimate of drug-likeness (QED) is 0.328. The van der Waals surface area contributed by atoms with Crippen LogP contribution in [0.5, 0.6) is 0 Å². The van der Waals surface area contributed by atoms with E-state index in [9.17, 15) is 0 Å². The van der Waals surface area contributed by atoms with Crippen LogP contribution in [0.1, 0.15) is 57.6 Å². The van der Waals surface area contributed by atoms with Crippen molar-refractivity contribution in [1.29, 1.82) is 0 Å². The molecule has 1 rings (SSSR count). The Kier molecular flexibility index (Phi) is 9.74. The highest BCUT2D eigenvalue weighted by Crippen LogP contribution is 2.24. The molecule has 0 atom stereocenters. The standard InChI is InChI=1S/C24H38N4/c1-9-27(7)24(19(4)21(6)28(8)17-13-12-16-25)26-20(5)23-15-11-10-14-22(23)18(2)3/h9-11,14-15,18H,1,6,12-13,16-17,25H2,2-5,7-8H3/b24-19-,26-20+. The van der Waals surface area contributed by atoms with Gasteiger partial charge in [-0.15, -0.1) is 0 Å². The Bertz CT molecular complexity index is 728. The highest BCUT2D eigenvalue weighted by Gasteiger charge is 2.14. The number of rotatable bonds is 11. The van der Waals surface area contributed by atoms with Crippen molar-refractivity contribution in [1.82, 2.24) is 9.80 Å². The highest BCUT2D eigenvalue weighted by molar-refractivity contribution is 6.00. The molecule has 0 aliphatic rings. The number of likely N-dealkylation sites (N-methyl/N-ethyl adjacent to an activating group) is 1. The van der Waals surface area contributed by atoms with Gasteiger partial charge in [-0.25, -0.2) is 4.99 Å². The van der Waals surface area contributed by atoms with Crippen molar-refractivity contribution in [3.05, 3.63) is 71.8 Å². The molecule has 0 radical (unpaired) electrons. The minimum Gasteiger partial charge on any atom is -0.375 e. The zero-order valence-electron chi connectivity index (χ0n) is 18.6. The molecule has 1 aromatic carbocycles. The Balaban J connectivity index is 3.31. The van der Waals surface area contributed by atoms with E-state index in [1.54, 1.807) is 6.20 Å².